The molecule has 1 fully saturated rings. The van der Waals surface area contributed by atoms with Crippen molar-refractivity contribution in [3.05, 3.63) is 29.3 Å². The van der Waals surface area contributed by atoms with Crippen LogP contribution in [0.2, 0.25) is 0 Å². The van der Waals surface area contributed by atoms with E-state index < -0.39 is 0 Å². The Morgan fingerprint density at radius 2 is 2.24 bits per heavy atom. The molecule has 1 saturated carbocycles. The van der Waals surface area contributed by atoms with Crippen LogP contribution in [0.1, 0.15) is 24.6 Å². The lowest BCUT2D eigenvalue weighted by atomic mass is 10.2. The highest BCUT2D eigenvalue weighted by Crippen LogP contribution is 2.39. The summed E-state index contributed by atoms with van der Waals surface area (Å²) >= 11 is 1.71. The lowest BCUT2D eigenvalue weighted by Gasteiger charge is -2.12. The summed E-state index contributed by atoms with van der Waals surface area (Å²) in [4.78, 5) is 5.80. The van der Waals surface area contributed by atoms with Gasteiger partial charge in [0.15, 0.2) is 11.5 Å². The number of para-hydroxylation sites is 1. The molecule has 0 amide bonds. The predicted molar refractivity (Wildman–Crippen MR) is 85.1 cm³/mol. The predicted octanol–water partition coefficient (Wildman–Crippen LogP) is 3.47. The van der Waals surface area contributed by atoms with E-state index in [9.17, 15) is 0 Å². The van der Waals surface area contributed by atoms with Gasteiger partial charge in [-0.25, -0.2) is 4.98 Å². The van der Waals surface area contributed by atoms with Gasteiger partial charge in [0.1, 0.15) is 5.01 Å². The third-order valence-electron chi connectivity index (χ3n) is 3.41. The van der Waals surface area contributed by atoms with Crippen molar-refractivity contribution in [2.45, 2.75) is 32.4 Å². The van der Waals surface area contributed by atoms with Crippen LogP contribution in [0.3, 0.4) is 0 Å². The van der Waals surface area contributed by atoms with Crippen LogP contribution in [0.25, 0.3) is 10.6 Å². The van der Waals surface area contributed by atoms with E-state index >= 15 is 0 Å². The van der Waals surface area contributed by atoms with Gasteiger partial charge < -0.3 is 14.8 Å². The molecular formula is C16H20N2O2S. The zero-order valence-corrected chi connectivity index (χ0v) is 13.2. The molecule has 1 aromatic carbocycles. The molecule has 0 radical (unpaired) electrons. The van der Waals surface area contributed by atoms with E-state index in [1.165, 1.54) is 17.7 Å². The summed E-state index contributed by atoms with van der Waals surface area (Å²) in [6.07, 6.45) is 4.55. The highest BCUT2D eigenvalue weighted by molar-refractivity contribution is 7.15. The standard InChI is InChI=1S/C16H20N2O2S/c1-3-20-15-13(5-4-6-14(15)19-2)16-18-10-12(21-16)9-17-11-7-8-11/h4-6,10-11,17H,3,7-9H2,1-2H3. The van der Waals surface area contributed by atoms with Gasteiger partial charge in [-0.1, -0.05) is 6.07 Å². The average molecular weight is 304 g/mol. The van der Waals surface area contributed by atoms with Gasteiger partial charge in [-0.05, 0) is 31.9 Å². The molecule has 1 N–H and O–H groups in total. The van der Waals surface area contributed by atoms with E-state index in [2.05, 4.69) is 10.3 Å². The number of rotatable bonds is 7. The van der Waals surface area contributed by atoms with Crippen molar-refractivity contribution >= 4 is 11.3 Å². The first-order valence-corrected chi connectivity index (χ1v) is 8.11. The summed E-state index contributed by atoms with van der Waals surface area (Å²) in [6, 6.07) is 6.63. The Morgan fingerprint density at radius 3 is 2.95 bits per heavy atom. The first-order valence-electron chi connectivity index (χ1n) is 7.30. The van der Waals surface area contributed by atoms with Gasteiger partial charge in [0.2, 0.25) is 0 Å². The molecule has 2 aromatic rings. The number of hydrogen-bond acceptors (Lipinski definition) is 5. The molecule has 112 valence electrons. The van der Waals surface area contributed by atoms with E-state index in [0.29, 0.717) is 12.6 Å². The Kier molecular flexibility index (Phi) is 4.41. The molecule has 0 aliphatic heterocycles. The van der Waals surface area contributed by atoms with Crippen molar-refractivity contribution in [2.75, 3.05) is 13.7 Å². The van der Waals surface area contributed by atoms with E-state index in [0.717, 1.165) is 28.6 Å². The maximum atomic E-state index is 5.76. The van der Waals surface area contributed by atoms with E-state index in [1.807, 2.05) is 31.3 Å². The quantitative estimate of drug-likeness (QED) is 0.850. The molecule has 5 heteroatoms. The fraction of sp³-hybridized carbons (Fsp3) is 0.438. The minimum atomic E-state index is 0.606. The van der Waals surface area contributed by atoms with Crippen molar-refractivity contribution in [1.82, 2.24) is 10.3 Å². The van der Waals surface area contributed by atoms with Gasteiger partial charge in [0, 0.05) is 23.7 Å². The second-order valence-corrected chi connectivity index (χ2v) is 6.17. The van der Waals surface area contributed by atoms with Crippen LogP contribution in [-0.2, 0) is 6.54 Å². The molecular weight excluding hydrogens is 284 g/mol. The van der Waals surface area contributed by atoms with Crippen LogP contribution >= 0.6 is 11.3 Å². The minimum absolute atomic E-state index is 0.606. The molecule has 0 saturated heterocycles. The summed E-state index contributed by atoms with van der Waals surface area (Å²) < 4.78 is 11.2. The van der Waals surface area contributed by atoms with Crippen molar-refractivity contribution < 1.29 is 9.47 Å². The van der Waals surface area contributed by atoms with Crippen LogP contribution in [0, 0.1) is 0 Å². The lowest BCUT2D eigenvalue weighted by Crippen LogP contribution is -2.14. The van der Waals surface area contributed by atoms with Crippen LogP contribution in [0.15, 0.2) is 24.4 Å². The summed E-state index contributed by atoms with van der Waals surface area (Å²) in [5, 5.41) is 4.49. The third-order valence-corrected chi connectivity index (χ3v) is 4.44. The summed E-state index contributed by atoms with van der Waals surface area (Å²) in [5.41, 5.74) is 0.999. The molecule has 21 heavy (non-hydrogen) atoms. The molecule has 3 rings (SSSR count). The first kappa shape index (κ1) is 14.4. The Balaban J connectivity index is 1.84. The molecule has 0 spiro atoms. The largest absolute Gasteiger partial charge is 0.493 e. The molecule has 1 aromatic heterocycles. The van der Waals surface area contributed by atoms with Crippen molar-refractivity contribution in [1.29, 1.82) is 0 Å². The third kappa shape index (κ3) is 3.36. The second-order valence-electron chi connectivity index (χ2n) is 5.06. The highest BCUT2D eigenvalue weighted by Gasteiger charge is 2.21. The molecule has 0 bridgehead atoms. The number of nitrogens with one attached hydrogen (secondary N) is 1. The van der Waals surface area contributed by atoms with E-state index in [4.69, 9.17) is 9.47 Å². The fourth-order valence-corrected chi connectivity index (χ4v) is 3.07. The van der Waals surface area contributed by atoms with Crippen LogP contribution < -0.4 is 14.8 Å². The van der Waals surface area contributed by atoms with Gasteiger partial charge in [0.25, 0.3) is 0 Å². The molecule has 0 unspecified atom stereocenters. The second kappa shape index (κ2) is 6.45. The summed E-state index contributed by atoms with van der Waals surface area (Å²) in [6.45, 7) is 3.48. The van der Waals surface area contributed by atoms with Crippen LogP contribution in [-0.4, -0.2) is 24.7 Å². The summed E-state index contributed by atoms with van der Waals surface area (Å²) in [7, 11) is 1.66. The Morgan fingerprint density at radius 1 is 1.38 bits per heavy atom. The Hall–Kier alpha value is -1.59. The number of ether oxygens (including phenoxy) is 2. The molecule has 1 aliphatic carbocycles. The van der Waals surface area contributed by atoms with Crippen LogP contribution in [0.4, 0.5) is 0 Å². The topological polar surface area (TPSA) is 43.4 Å². The smallest absolute Gasteiger partial charge is 0.171 e. The zero-order valence-electron chi connectivity index (χ0n) is 12.4. The van der Waals surface area contributed by atoms with Gasteiger partial charge in [-0.2, -0.15) is 0 Å². The van der Waals surface area contributed by atoms with Crippen LogP contribution in [0.5, 0.6) is 11.5 Å². The van der Waals surface area contributed by atoms with E-state index in [1.54, 1.807) is 18.4 Å². The van der Waals surface area contributed by atoms with Gasteiger partial charge in [-0.15, -0.1) is 11.3 Å². The number of methoxy groups -OCH3 is 1. The zero-order chi connectivity index (χ0) is 14.7. The molecule has 1 heterocycles. The SMILES string of the molecule is CCOc1c(OC)cccc1-c1ncc(CNC2CC2)s1. The van der Waals surface area contributed by atoms with Gasteiger partial charge in [-0.3, -0.25) is 0 Å². The van der Waals surface area contributed by atoms with Crippen molar-refractivity contribution in [3.8, 4) is 22.1 Å². The lowest BCUT2D eigenvalue weighted by molar-refractivity contribution is 0.312. The molecule has 4 nitrogen and oxygen atoms in total. The summed E-state index contributed by atoms with van der Waals surface area (Å²) in [5.74, 6) is 1.53. The first-order chi connectivity index (χ1) is 10.3. The molecule has 1 aliphatic rings. The monoisotopic (exact) mass is 304 g/mol. The number of benzene rings is 1. The average Bonchev–Trinajstić information content (AvgIpc) is 3.22. The highest BCUT2D eigenvalue weighted by atomic mass is 32.1. The number of aromatic nitrogens is 1. The van der Waals surface area contributed by atoms with Crippen molar-refractivity contribution in [2.24, 2.45) is 0 Å². The van der Waals surface area contributed by atoms with E-state index in [-0.39, 0.29) is 0 Å². The fourth-order valence-electron chi connectivity index (χ4n) is 2.18. The Bertz CT molecular complexity index is 608. The maximum Gasteiger partial charge on any atom is 0.171 e. The normalized spacial score (nSPS) is 14.2. The minimum Gasteiger partial charge on any atom is -0.493 e. The van der Waals surface area contributed by atoms with Gasteiger partial charge in [0.05, 0.1) is 19.3 Å². The number of nitrogens with zero attached hydrogens (tertiary/aromatic N) is 1. The van der Waals surface area contributed by atoms with Crippen molar-refractivity contribution in [3.63, 3.8) is 0 Å². The Labute approximate surface area is 129 Å². The molecule has 0 atom stereocenters. The van der Waals surface area contributed by atoms with Gasteiger partial charge >= 0.3 is 0 Å². The maximum absolute atomic E-state index is 5.76. The number of hydrogen-bond donors (Lipinski definition) is 1. The number of thiazole rings is 1.